The summed E-state index contributed by atoms with van der Waals surface area (Å²) in [6, 6.07) is 12.0. The van der Waals surface area contributed by atoms with Crippen molar-refractivity contribution in [1.29, 1.82) is 0 Å². The lowest BCUT2D eigenvalue weighted by Gasteiger charge is -2.21. The van der Waals surface area contributed by atoms with E-state index in [9.17, 15) is 9.59 Å². The van der Waals surface area contributed by atoms with E-state index in [0.717, 1.165) is 21.8 Å². The third-order valence-corrected chi connectivity index (χ3v) is 5.53. The van der Waals surface area contributed by atoms with E-state index < -0.39 is 6.04 Å². The molecule has 7 heteroatoms. The number of nitrogens with zero attached hydrogens (tertiary/aromatic N) is 2. The van der Waals surface area contributed by atoms with Gasteiger partial charge >= 0.3 is 0 Å². The Morgan fingerprint density at radius 3 is 2.47 bits per heavy atom. The topological polar surface area (TPSA) is 84.0 Å². The average Bonchev–Trinajstić information content (AvgIpc) is 3.23. The second kappa shape index (κ2) is 10.1. The van der Waals surface area contributed by atoms with Gasteiger partial charge in [0.15, 0.2) is 0 Å². The molecule has 3 aromatic rings. The standard InChI is InChI=1S/C23H26N4O2S/c1-15(2)12-20(28)27-21(17-8-5-4-6-9-17)22(29)25-16(3)23-26-19(14-30-23)18-10-7-11-24-13-18/h4-11,13-16,21H,12H2,1-3H3,(H,25,29)(H,27,28). The minimum atomic E-state index is -0.752. The number of nitrogens with one attached hydrogen (secondary N) is 2. The van der Waals surface area contributed by atoms with Crippen LogP contribution in [0.25, 0.3) is 11.3 Å². The van der Waals surface area contributed by atoms with Crippen molar-refractivity contribution in [3.63, 3.8) is 0 Å². The van der Waals surface area contributed by atoms with E-state index in [2.05, 4.69) is 20.6 Å². The van der Waals surface area contributed by atoms with E-state index in [1.54, 1.807) is 12.4 Å². The Morgan fingerprint density at radius 2 is 1.80 bits per heavy atom. The number of carbonyl (C=O) groups excluding carboxylic acids is 2. The number of pyridine rings is 1. The summed E-state index contributed by atoms with van der Waals surface area (Å²) in [5.74, 6) is -0.191. The van der Waals surface area contributed by atoms with E-state index in [1.807, 2.05) is 68.6 Å². The van der Waals surface area contributed by atoms with Crippen molar-refractivity contribution in [2.45, 2.75) is 39.3 Å². The molecule has 2 N–H and O–H groups in total. The van der Waals surface area contributed by atoms with Crippen LogP contribution in [0.2, 0.25) is 0 Å². The second-order valence-electron chi connectivity index (χ2n) is 7.55. The monoisotopic (exact) mass is 422 g/mol. The van der Waals surface area contributed by atoms with Crippen molar-refractivity contribution in [2.75, 3.05) is 0 Å². The Morgan fingerprint density at radius 1 is 1.03 bits per heavy atom. The van der Waals surface area contributed by atoms with Crippen LogP contribution in [-0.4, -0.2) is 21.8 Å². The summed E-state index contributed by atoms with van der Waals surface area (Å²) in [6.07, 6.45) is 3.85. The van der Waals surface area contributed by atoms with Crippen LogP contribution < -0.4 is 10.6 Å². The summed E-state index contributed by atoms with van der Waals surface area (Å²) in [5.41, 5.74) is 2.50. The lowest BCUT2D eigenvalue weighted by Crippen LogP contribution is -2.41. The van der Waals surface area contributed by atoms with Crippen molar-refractivity contribution < 1.29 is 9.59 Å². The average molecular weight is 423 g/mol. The van der Waals surface area contributed by atoms with E-state index in [0.29, 0.717) is 6.42 Å². The summed E-state index contributed by atoms with van der Waals surface area (Å²) in [6.45, 7) is 5.84. The van der Waals surface area contributed by atoms with Gasteiger partial charge in [0.25, 0.3) is 0 Å². The van der Waals surface area contributed by atoms with Gasteiger partial charge in [-0.25, -0.2) is 4.98 Å². The molecule has 0 bridgehead atoms. The molecule has 3 rings (SSSR count). The molecule has 2 atom stereocenters. The highest BCUT2D eigenvalue weighted by molar-refractivity contribution is 7.10. The van der Waals surface area contributed by atoms with Crippen LogP contribution in [0.4, 0.5) is 0 Å². The van der Waals surface area contributed by atoms with Gasteiger partial charge in [-0.15, -0.1) is 11.3 Å². The molecule has 30 heavy (non-hydrogen) atoms. The first-order valence-corrected chi connectivity index (χ1v) is 10.8. The Bertz CT molecular complexity index is 973. The van der Waals surface area contributed by atoms with Crippen molar-refractivity contribution in [1.82, 2.24) is 20.6 Å². The zero-order valence-electron chi connectivity index (χ0n) is 17.3. The van der Waals surface area contributed by atoms with Crippen molar-refractivity contribution in [2.24, 2.45) is 5.92 Å². The highest BCUT2D eigenvalue weighted by Gasteiger charge is 2.25. The number of benzene rings is 1. The Kier molecular flexibility index (Phi) is 7.30. The molecule has 0 fully saturated rings. The van der Waals surface area contributed by atoms with Gasteiger partial charge < -0.3 is 10.6 Å². The maximum Gasteiger partial charge on any atom is 0.247 e. The summed E-state index contributed by atoms with van der Waals surface area (Å²) in [5, 5.41) is 8.62. The normalized spacial score (nSPS) is 12.9. The molecule has 2 heterocycles. The van der Waals surface area contributed by atoms with Crippen LogP contribution in [-0.2, 0) is 9.59 Å². The highest BCUT2D eigenvalue weighted by Crippen LogP contribution is 2.25. The molecule has 2 unspecified atom stereocenters. The summed E-state index contributed by atoms with van der Waals surface area (Å²) >= 11 is 1.48. The van der Waals surface area contributed by atoms with Gasteiger partial charge in [0.2, 0.25) is 11.8 Å². The van der Waals surface area contributed by atoms with Gasteiger partial charge in [-0.2, -0.15) is 0 Å². The van der Waals surface area contributed by atoms with Crippen molar-refractivity contribution in [3.8, 4) is 11.3 Å². The van der Waals surface area contributed by atoms with Crippen molar-refractivity contribution in [3.05, 3.63) is 70.8 Å². The van der Waals surface area contributed by atoms with Crippen LogP contribution in [0, 0.1) is 5.92 Å². The van der Waals surface area contributed by atoms with Crippen LogP contribution in [0.1, 0.15) is 49.8 Å². The van der Waals surface area contributed by atoms with Gasteiger partial charge in [0.1, 0.15) is 11.0 Å². The van der Waals surface area contributed by atoms with Gasteiger partial charge in [-0.05, 0) is 30.5 Å². The van der Waals surface area contributed by atoms with E-state index in [1.165, 1.54) is 11.3 Å². The number of thiazole rings is 1. The van der Waals surface area contributed by atoms with Crippen LogP contribution in [0.15, 0.2) is 60.2 Å². The van der Waals surface area contributed by atoms with Gasteiger partial charge in [0, 0.05) is 29.8 Å². The number of amides is 2. The molecule has 0 aliphatic rings. The molecule has 0 saturated carbocycles. The fraction of sp³-hybridized carbons (Fsp3) is 0.304. The Labute approximate surface area is 180 Å². The molecule has 0 aliphatic carbocycles. The van der Waals surface area contributed by atoms with E-state index in [-0.39, 0.29) is 23.8 Å². The first kappa shape index (κ1) is 21.6. The summed E-state index contributed by atoms with van der Waals surface area (Å²) in [7, 11) is 0. The lowest BCUT2D eigenvalue weighted by molar-refractivity contribution is -0.130. The van der Waals surface area contributed by atoms with E-state index >= 15 is 0 Å². The fourth-order valence-corrected chi connectivity index (χ4v) is 3.86. The third-order valence-electron chi connectivity index (χ3n) is 4.50. The number of carbonyl (C=O) groups is 2. The molecule has 6 nitrogen and oxygen atoms in total. The number of rotatable bonds is 8. The Balaban J connectivity index is 1.73. The predicted molar refractivity (Wildman–Crippen MR) is 119 cm³/mol. The molecule has 0 aliphatic heterocycles. The number of aromatic nitrogens is 2. The molecule has 156 valence electrons. The number of hydrogen-bond acceptors (Lipinski definition) is 5. The van der Waals surface area contributed by atoms with Gasteiger partial charge in [-0.3, -0.25) is 14.6 Å². The Hall–Kier alpha value is -3.06. The molecular weight excluding hydrogens is 396 g/mol. The third kappa shape index (κ3) is 5.73. The maximum atomic E-state index is 13.1. The maximum absolute atomic E-state index is 13.1. The predicted octanol–water partition coefficient (Wildman–Crippen LogP) is 4.29. The largest absolute Gasteiger partial charge is 0.345 e. The smallest absolute Gasteiger partial charge is 0.247 e. The zero-order chi connectivity index (χ0) is 21.5. The lowest BCUT2D eigenvalue weighted by atomic mass is 10.0. The first-order chi connectivity index (χ1) is 14.4. The molecule has 1 aromatic carbocycles. The van der Waals surface area contributed by atoms with Gasteiger partial charge in [-0.1, -0.05) is 44.2 Å². The zero-order valence-corrected chi connectivity index (χ0v) is 18.1. The molecule has 0 spiro atoms. The molecular formula is C23H26N4O2S. The quantitative estimate of drug-likeness (QED) is 0.567. The molecule has 0 saturated heterocycles. The first-order valence-electron chi connectivity index (χ1n) is 9.94. The molecule has 0 radical (unpaired) electrons. The molecule has 2 aromatic heterocycles. The van der Waals surface area contributed by atoms with Crippen LogP contribution >= 0.6 is 11.3 Å². The second-order valence-corrected chi connectivity index (χ2v) is 8.44. The SMILES string of the molecule is CC(C)CC(=O)NC(C(=O)NC(C)c1nc(-c2cccnc2)cs1)c1ccccc1. The fourth-order valence-electron chi connectivity index (χ4n) is 3.03. The van der Waals surface area contributed by atoms with Crippen molar-refractivity contribution >= 4 is 23.2 Å². The highest BCUT2D eigenvalue weighted by atomic mass is 32.1. The summed E-state index contributed by atoms with van der Waals surface area (Å²) < 4.78 is 0. The minimum Gasteiger partial charge on any atom is -0.345 e. The minimum absolute atomic E-state index is 0.144. The van der Waals surface area contributed by atoms with Gasteiger partial charge in [0.05, 0.1) is 11.7 Å². The molecule has 2 amide bonds. The van der Waals surface area contributed by atoms with E-state index in [4.69, 9.17) is 0 Å². The summed E-state index contributed by atoms with van der Waals surface area (Å²) in [4.78, 5) is 34.2. The van der Waals surface area contributed by atoms with Crippen LogP contribution in [0.5, 0.6) is 0 Å². The van der Waals surface area contributed by atoms with Crippen LogP contribution in [0.3, 0.4) is 0 Å². The number of hydrogen-bond donors (Lipinski definition) is 2.